The number of piperidine rings is 1. The molecule has 1 aliphatic carbocycles. The lowest BCUT2D eigenvalue weighted by Gasteiger charge is -2.29. The van der Waals surface area contributed by atoms with Gasteiger partial charge in [0.25, 0.3) is 0 Å². The molecule has 1 saturated heterocycles. The summed E-state index contributed by atoms with van der Waals surface area (Å²) in [6.07, 6.45) is 1.17. The number of hydrogen-bond donors (Lipinski definition) is 0. The van der Waals surface area contributed by atoms with E-state index in [-0.39, 0.29) is 11.9 Å². The van der Waals surface area contributed by atoms with Crippen LogP contribution < -0.4 is 0 Å². The number of amides is 1. The van der Waals surface area contributed by atoms with Gasteiger partial charge in [-0.3, -0.25) is 4.90 Å². The van der Waals surface area contributed by atoms with Crippen molar-refractivity contribution in [3.05, 3.63) is 0 Å². The molecule has 102 valence electrons. The van der Waals surface area contributed by atoms with Crippen molar-refractivity contribution in [2.24, 2.45) is 5.92 Å². The van der Waals surface area contributed by atoms with Crippen LogP contribution >= 0.6 is 0 Å². The zero-order chi connectivity index (χ0) is 13.6. The predicted octanol–water partition coefficient (Wildman–Crippen LogP) is 1.95. The van der Waals surface area contributed by atoms with Crippen LogP contribution in [0.1, 0.15) is 40.5 Å². The van der Waals surface area contributed by atoms with Crippen LogP contribution in [0, 0.1) is 5.92 Å². The number of rotatable bonds is 2. The fourth-order valence-electron chi connectivity index (χ4n) is 2.66. The van der Waals surface area contributed by atoms with E-state index in [2.05, 4.69) is 0 Å². The first-order valence-corrected chi connectivity index (χ1v) is 6.49. The number of esters is 1. The predicted molar refractivity (Wildman–Crippen MR) is 65.0 cm³/mol. The van der Waals surface area contributed by atoms with E-state index in [1.54, 1.807) is 11.8 Å². The molecular weight excluding hydrogens is 234 g/mol. The zero-order valence-corrected chi connectivity index (χ0v) is 11.5. The van der Waals surface area contributed by atoms with Gasteiger partial charge in [-0.25, -0.2) is 9.59 Å². The average Bonchev–Trinajstić information content (AvgIpc) is 2.83. The van der Waals surface area contributed by atoms with E-state index in [0.717, 1.165) is 6.42 Å². The minimum atomic E-state index is -0.724. The van der Waals surface area contributed by atoms with Crippen LogP contribution in [0.25, 0.3) is 0 Å². The molecular formula is C13H21NO4. The first-order valence-electron chi connectivity index (χ1n) is 6.49. The number of ether oxygens (including phenoxy) is 2. The van der Waals surface area contributed by atoms with Gasteiger partial charge in [0.1, 0.15) is 11.1 Å². The maximum absolute atomic E-state index is 12.1. The average molecular weight is 255 g/mol. The molecule has 1 aliphatic heterocycles. The lowest BCUT2D eigenvalue weighted by Crippen LogP contribution is -2.48. The van der Waals surface area contributed by atoms with E-state index in [0.29, 0.717) is 19.6 Å². The molecule has 0 radical (unpaired) electrons. The van der Waals surface area contributed by atoms with Crippen molar-refractivity contribution < 1.29 is 19.1 Å². The summed E-state index contributed by atoms with van der Waals surface area (Å²) in [4.78, 5) is 25.7. The second-order valence-corrected chi connectivity index (χ2v) is 5.97. The monoisotopic (exact) mass is 255 g/mol. The summed E-state index contributed by atoms with van der Waals surface area (Å²) in [5.74, 6) is -0.0255. The highest BCUT2D eigenvalue weighted by atomic mass is 16.6. The van der Waals surface area contributed by atoms with Gasteiger partial charge in [-0.2, -0.15) is 0 Å². The van der Waals surface area contributed by atoms with Crippen molar-refractivity contribution in [2.75, 3.05) is 13.2 Å². The molecule has 5 heteroatoms. The summed E-state index contributed by atoms with van der Waals surface area (Å²) in [5, 5.41) is 0. The number of hydrogen-bond acceptors (Lipinski definition) is 4. The van der Waals surface area contributed by atoms with E-state index in [1.807, 2.05) is 20.8 Å². The number of carbonyl (C=O) groups excluding carboxylic acids is 2. The topological polar surface area (TPSA) is 55.8 Å². The smallest absolute Gasteiger partial charge is 0.411 e. The summed E-state index contributed by atoms with van der Waals surface area (Å²) in [5.41, 5.74) is -1.27. The Bertz CT molecular complexity index is 374. The third kappa shape index (κ3) is 2.06. The normalized spacial score (nSPS) is 29.8. The van der Waals surface area contributed by atoms with Gasteiger partial charge in [0.15, 0.2) is 0 Å². The molecule has 0 N–H and O–H groups in total. The Kier molecular flexibility index (Phi) is 3.03. The fraction of sp³-hybridized carbons (Fsp3) is 0.846. The molecule has 0 aromatic carbocycles. The second kappa shape index (κ2) is 4.14. The van der Waals surface area contributed by atoms with E-state index in [1.165, 1.54) is 0 Å². The van der Waals surface area contributed by atoms with Crippen molar-refractivity contribution in [3.63, 3.8) is 0 Å². The van der Waals surface area contributed by atoms with Gasteiger partial charge in [-0.15, -0.1) is 0 Å². The summed E-state index contributed by atoms with van der Waals surface area (Å²) in [7, 11) is 0. The molecule has 2 unspecified atom stereocenters. The standard InChI is InChI=1S/C13H21NO4/c1-5-17-10(15)13-8-9(13)6-7-14(13)11(16)18-12(2,3)4/h9H,5-8H2,1-4H3. The summed E-state index contributed by atoms with van der Waals surface area (Å²) < 4.78 is 10.4. The summed E-state index contributed by atoms with van der Waals surface area (Å²) in [6, 6.07) is 0. The third-order valence-corrected chi connectivity index (χ3v) is 3.50. The molecule has 5 nitrogen and oxygen atoms in total. The molecule has 1 saturated carbocycles. The van der Waals surface area contributed by atoms with Crippen LogP contribution in [0.4, 0.5) is 4.79 Å². The summed E-state index contributed by atoms with van der Waals surface area (Å²) >= 11 is 0. The Morgan fingerprint density at radius 2 is 2.06 bits per heavy atom. The van der Waals surface area contributed by atoms with Crippen molar-refractivity contribution in [1.82, 2.24) is 4.90 Å². The van der Waals surface area contributed by atoms with Gasteiger partial charge >= 0.3 is 12.1 Å². The van der Waals surface area contributed by atoms with Crippen molar-refractivity contribution in [3.8, 4) is 0 Å². The molecule has 0 aromatic heterocycles. The number of carbonyl (C=O) groups is 2. The Morgan fingerprint density at radius 1 is 1.39 bits per heavy atom. The lowest BCUT2D eigenvalue weighted by molar-refractivity contribution is -0.150. The third-order valence-electron chi connectivity index (χ3n) is 3.50. The van der Waals surface area contributed by atoms with Gasteiger partial charge < -0.3 is 9.47 Å². The first kappa shape index (κ1) is 13.2. The minimum absolute atomic E-state index is 0.254. The Balaban J connectivity index is 2.09. The molecule has 2 fully saturated rings. The number of likely N-dealkylation sites (tertiary alicyclic amines) is 1. The van der Waals surface area contributed by atoms with Crippen molar-refractivity contribution >= 4 is 12.1 Å². The van der Waals surface area contributed by atoms with E-state index < -0.39 is 17.2 Å². The van der Waals surface area contributed by atoms with Gasteiger partial charge in [0.05, 0.1) is 6.61 Å². The molecule has 0 bridgehead atoms. The lowest BCUT2D eigenvalue weighted by atomic mass is 10.2. The molecule has 18 heavy (non-hydrogen) atoms. The van der Waals surface area contributed by atoms with Crippen LogP contribution in [0.3, 0.4) is 0 Å². The largest absolute Gasteiger partial charge is 0.464 e. The van der Waals surface area contributed by atoms with Crippen molar-refractivity contribution in [1.29, 1.82) is 0 Å². The molecule has 1 amide bonds. The van der Waals surface area contributed by atoms with Gasteiger partial charge in [-0.1, -0.05) is 0 Å². The highest BCUT2D eigenvalue weighted by Crippen LogP contribution is 2.56. The molecule has 2 atom stereocenters. The minimum Gasteiger partial charge on any atom is -0.464 e. The Morgan fingerprint density at radius 3 is 2.56 bits per heavy atom. The van der Waals surface area contributed by atoms with Crippen LogP contribution in [0.2, 0.25) is 0 Å². The number of fused-ring (bicyclic) bond motifs is 1. The summed E-state index contributed by atoms with van der Waals surface area (Å²) in [6.45, 7) is 8.17. The molecule has 2 aliphatic rings. The van der Waals surface area contributed by atoms with Gasteiger partial charge in [-0.05, 0) is 46.5 Å². The maximum atomic E-state index is 12.1. The van der Waals surface area contributed by atoms with Crippen LogP contribution in [-0.4, -0.2) is 41.3 Å². The van der Waals surface area contributed by atoms with Gasteiger partial charge in [0.2, 0.25) is 0 Å². The second-order valence-electron chi connectivity index (χ2n) is 5.97. The van der Waals surface area contributed by atoms with Gasteiger partial charge in [0, 0.05) is 6.54 Å². The van der Waals surface area contributed by atoms with Crippen molar-refractivity contribution in [2.45, 2.75) is 51.7 Å². The van der Waals surface area contributed by atoms with Crippen LogP contribution in [0.15, 0.2) is 0 Å². The molecule has 0 spiro atoms. The highest BCUT2D eigenvalue weighted by molar-refractivity contribution is 5.90. The fourth-order valence-corrected chi connectivity index (χ4v) is 2.66. The SMILES string of the molecule is CCOC(=O)C12CC1CCN2C(=O)OC(C)(C)C. The first-order chi connectivity index (χ1) is 8.31. The highest BCUT2D eigenvalue weighted by Gasteiger charge is 2.70. The Labute approximate surface area is 107 Å². The number of nitrogens with zero attached hydrogens (tertiary/aromatic N) is 1. The Hall–Kier alpha value is -1.26. The van der Waals surface area contributed by atoms with E-state index in [4.69, 9.17) is 9.47 Å². The molecule has 2 rings (SSSR count). The quantitative estimate of drug-likeness (QED) is 0.708. The van der Waals surface area contributed by atoms with E-state index >= 15 is 0 Å². The zero-order valence-electron chi connectivity index (χ0n) is 11.5. The van der Waals surface area contributed by atoms with E-state index in [9.17, 15) is 9.59 Å². The maximum Gasteiger partial charge on any atom is 0.411 e. The molecule has 0 aromatic rings. The van der Waals surface area contributed by atoms with Crippen LogP contribution in [-0.2, 0) is 14.3 Å². The van der Waals surface area contributed by atoms with Crippen LogP contribution in [0.5, 0.6) is 0 Å². The molecule has 1 heterocycles.